The summed E-state index contributed by atoms with van der Waals surface area (Å²) in [5.74, 6) is -3.69. The highest BCUT2D eigenvalue weighted by molar-refractivity contribution is 6.32. The lowest BCUT2D eigenvalue weighted by atomic mass is 10.1. The van der Waals surface area contributed by atoms with Gasteiger partial charge in [0.2, 0.25) is 11.9 Å². The number of unbranched alkanes of at least 4 members (excludes halogenated alkanes) is 3. The van der Waals surface area contributed by atoms with E-state index in [0.29, 0.717) is 12.8 Å². The fourth-order valence-electron chi connectivity index (χ4n) is 2.28. The fourth-order valence-corrected chi connectivity index (χ4v) is 2.28. The molecule has 0 saturated carbocycles. The molecule has 1 rings (SSSR count). The lowest BCUT2D eigenvalue weighted by Crippen LogP contribution is -2.38. The number of rotatable bonds is 9. The van der Waals surface area contributed by atoms with Crippen molar-refractivity contribution < 1.29 is 33.7 Å². The molecule has 0 bridgehead atoms. The molecule has 8 nitrogen and oxygen atoms in total. The third kappa shape index (κ3) is 7.08. The quantitative estimate of drug-likeness (QED) is 0.219. The molecule has 0 aromatic heterocycles. The Balaban J connectivity index is 2.54. The van der Waals surface area contributed by atoms with Crippen LogP contribution < -0.4 is 5.32 Å². The monoisotopic (exact) mass is 343 g/mol. The van der Waals surface area contributed by atoms with E-state index in [1.54, 1.807) is 0 Å². The summed E-state index contributed by atoms with van der Waals surface area (Å²) in [7, 11) is 0. The van der Waals surface area contributed by atoms with Gasteiger partial charge in [-0.2, -0.15) is 0 Å². The van der Waals surface area contributed by atoms with Gasteiger partial charge >= 0.3 is 17.9 Å². The number of hydrogen-bond acceptors (Lipinski definition) is 8. The van der Waals surface area contributed by atoms with Gasteiger partial charge in [0.05, 0.1) is 0 Å². The molecule has 0 aromatic rings. The van der Waals surface area contributed by atoms with Crippen LogP contribution in [0.2, 0.25) is 0 Å². The Morgan fingerprint density at radius 2 is 1.88 bits per heavy atom. The predicted octanol–water partition coefficient (Wildman–Crippen LogP) is 1.21. The third-order valence-electron chi connectivity index (χ3n) is 3.67. The largest absolute Gasteiger partial charge is 0.449 e. The standard InChI is InChI=1S/C16H25NO7/c1-3-4-5-6-9-13(16(21)24-23-14(19)11(2)18)22-15(20)12-8-7-10-17-12/h12-13,17H,3-10H2,1-2H3. The van der Waals surface area contributed by atoms with E-state index in [2.05, 4.69) is 22.0 Å². The van der Waals surface area contributed by atoms with Crippen molar-refractivity contribution in [3.8, 4) is 0 Å². The highest BCUT2D eigenvalue weighted by Gasteiger charge is 2.31. The Kier molecular flexibility index (Phi) is 8.99. The molecule has 136 valence electrons. The van der Waals surface area contributed by atoms with Crippen molar-refractivity contribution in [2.45, 2.75) is 70.9 Å². The first-order chi connectivity index (χ1) is 11.5. The molecule has 0 amide bonds. The van der Waals surface area contributed by atoms with Gasteiger partial charge in [0, 0.05) is 6.92 Å². The molecular formula is C16H25NO7. The molecular weight excluding hydrogens is 318 g/mol. The first kappa shape index (κ1) is 20.1. The molecule has 1 fully saturated rings. The number of ether oxygens (including phenoxy) is 1. The zero-order chi connectivity index (χ0) is 17.9. The van der Waals surface area contributed by atoms with Crippen LogP contribution in [-0.2, 0) is 33.7 Å². The number of carbonyl (C=O) groups is 4. The molecule has 0 aliphatic carbocycles. The first-order valence-electron chi connectivity index (χ1n) is 8.32. The minimum Gasteiger partial charge on any atom is -0.449 e. The van der Waals surface area contributed by atoms with Gasteiger partial charge < -0.3 is 10.1 Å². The van der Waals surface area contributed by atoms with Crippen LogP contribution in [0.5, 0.6) is 0 Å². The smallest absolute Gasteiger partial charge is 0.421 e. The highest BCUT2D eigenvalue weighted by atomic mass is 17.2. The maximum absolute atomic E-state index is 12.0. The van der Waals surface area contributed by atoms with Gasteiger partial charge in [0.1, 0.15) is 6.04 Å². The molecule has 2 atom stereocenters. The second-order valence-electron chi connectivity index (χ2n) is 5.75. The van der Waals surface area contributed by atoms with Gasteiger partial charge in [-0.3, -0.25) is 9.59 Å². The molecule has 0 aromatic carbocycles. The van der Waals surface area contributed by atoms with Gasteiger partial charge in [0.25, 0.3) is 0 Å². The van der Waals surface area contributed by atoms with Crippen molar-refractivity contribution in [3.05, 3.63) is 0 Å². The number of ketones is 1. The SMILES string of the molecule is CCCCCCC(OC(=O)C1CCCN1)C(=O)OOC(=O)C(C)=O. The maximum Gasteiger partial charge on any atom is 0.421 e. The summed E-state index contributed by atoms with van der Waals surface area (Å²) in [6.07, 6.45) is 4.20. The van der Waals surface area contributed by atoms with Crippen molar-refractivity contribution in [1.82, 2.24) is 5.32 Å². The average molecular weight is 343 g/mol. The molecule has 8 heteroatoms. The van der Waals surface area contributed by atoms with E-state index in [4.69, 9.17) is 4.74 Å². The summed E-state index contributed by atoms with van der Waals surface area (Å²) in [6.45, 7) is 3.77. The molecule has 1 heterocycles. The lowest BCUT2D eigenvalue weighted by molar-refractivity contribution is -0.263. The summed E-state index contributed by atoms with van der Waals surface area (Å²) in [4.78, 5) is 54.3. The van der Waals surface area contributed by atoms with E-state index in [1.165, 1.54) is 0 Å². The number of Topliss-reactive ketones (excluding diaryl/α,β-unsaturated/α-hetero) is 1. The minimum absolute atomic E-state index is 0.273. The van der Waals surface area contributed by atoms with Gasteiger partial charge in [-0.25, -0.2) is 19.4 Å². The summed E-state index contributed by atoms with van der Waals surface area (Å²) in [6, 6.07) is -0.435. The predicted molar refractivity (Wildman–Crippen MR) is 82.5 cm³/mol. The zero-order valence-electron chi connectivity index (χ0n) is 14.2. The summed E-state index contributed by atoms with van der Waals surface area (Å²) < 4.78 is 5.22. The van der Waals surface area contributed by atoms with Crippen LogP contribution in [0, 0.1) is 0 Å². The van der Waals surface area contributed by atoms with E-state index in [-0.39, 0.29) is 6.42 Å². The van der Waals surface area contributed by atoms with E-state index in [0.717, 1.165) is 39.2 Å². The Morgan fingerprint density at radius 1 is 1.12 bits per heavy atom. The van der Waals surface area contributed by atoms with Crippen LogP contribution >= 0.6 is 0 Å². The third-order valence-corrected chi connectivity index (χ3v) is 3.67. The van der Waals surface area contributed by atoms with Crippen molar-refractivity contribution in [2.75, 3.05) is 6.54 Å². The van der Waals surface area contributed by atoms with Crippen LogP contribution in [0.4, 0.5) is 0 Å². The second-order valence-corrected chi connectivity index (χ2v) is 5.75. The van der Waals surface area contributed by atoms with Gasteiger partial charge in [-0.05, 0) is 32.2 Å². The zero-order valence-corrected chi connectivity index (χ0v) is 14.2. The van der Waals surface area contributed by atoms with Crippen molar-refractivity contribution in [3.63, 3.8) is 0 Å². The first-order valence-corrected chi connectivity index (χ1v) is 8.32. The summed E-state index contributed by atoms with van der Waals surface area (Å²) >= 11 is 0. The Labute approximate surface area is 141 Å². The molecule has 0 radical (unpaired) electrons. The van der Waals surface area contributed by atoms with Gasteiger partial charge in [0.15, 0.2) is 0 Å². The lowest BCUT2D eigenvalue weighted by Gasteiger charge is -2.18. The van der Waals surface area contributed by atoms with E-state index < -0.39 is 35.8 Å². The second kappa shape index (κ2) is 10.7. The molecule has 1 aliphatic heterocycles. The number of nitrogens with one attached hydrogen (secondary N) is 1. The van der Waals surface area contributed by atoms with Crippen molar-refractivity contribution >= 4 is 23.7 Å². The fraction of sp³-hybridized carbons (Fsp3) is 0.750. The van der Waals surface area contributed by atoms with E-state index in [1.807, 2.05) is 0 Å². The Bertz CT molecular complexity index is 457. The topological polar surface area (TPSA) is 108 Å². The normalized spacial score (nSPS) is 17.8. The maximum atomic E-state index is 12.0. The average Bonchev–Trinajstić information content (AvgIpc) is 3.09. The molecule has 24 heavy (non-hydrogen) atoms. The Morgan fingerprint density at radius 3 is 2.46 bits per heavy atom. The highest BCUT2D eigenvalue weighted by Crippen LogP contribution is 2.14. The van der Waals surface area contributed by atoms with Crippen LogP contribution in [0.25, 0.3) is 0 Å². The minimum atomic E-state index is -1.28. The summed E-state index contributed by atoms with van der Waals surface area (Å²) in [5, 5.41) is 2.99. The molecule has 1 saturated heterocycles. The van der Waals surface area contributed by atoms with Crippen LogP contribution in [0.1, 0.15) is 58.8 Å². The van der Waals surface area contributed by atoms with E-state index in [9.17, 15) is 19.2 Å². The molecule has 0 spiro atoms. The van der Waals surface area contributed by atoms with Crippen LogP contribution in [0.15, 0.2) is 0 Å². The van der Waals surface area contributed by atoms with Crippen LogP contribution in [0.3, 0.4) is 0 Å². The van der Waals surface area contributed by atoms with Crippen LogP contribution in [-0.4, -0.2) is 42.4 Å². The number of carbonyl (C=O) groups excluding carboxylic acids is 4. The van der Waals surface area contributed by atoms with Crippen molar-refractivity contribution in [2.24, 2.45) is 0 Å². The molecule has 1 aliphatic rings. The number of esters is 1. The summed E-state index contributed by atoms with van der Waals surface area (Å²) in [5.41, 5.74) is 0. The van der Waals surface area contributed by atoms with Gasteiger partial charge in [-0.1, -0.05) is 26.2 Å². The molecule has 1 N–H and O–H groups in total. The number of hydrogen-bond donors (Lipinski definition) is 1. The van der Waals surface area contributed by atoms with Gasteiger partial charge in [-0.15, -0.1) is 0 Å². The molecule has 2 unspecified atom stereocenters. The Hall–Kier alpha value is -1.96. The van der Waals surface area contributed by atoms with Crippen molar-refractivity contribution in [1.29, 1.82) is 0 Å². The van der Waals surface area contributed by atoms with E-state index >= 15 is 0 Å².